The Morgan fingerprint density at radius 1 is 0.274 bits per heavy atom. The van der Waals surface area contributed by atoms with Crippen LogP contribution in [0.4, 0.5) is 0 Å². The maximum Gasteiger partial charge on any atom is 0.472 e. The van der Waals surface area contributed by atoms with Gasteiger partial charge in [0, 0.05) is 25.7 Å². The van der Waals surface area contributed by atoms with Gasteiger partial charge < -0.3 is 33.8 Å². The van der Waals surface area contributed by atoms with Crippen molar-refractivity contribution in [3.8, 4) is 0 Å². The molecule has 0 rings (SSSR count). The summed E-state index contributed by atoms with van der Waals surface area (Å²) in [4.78, 5) is 73.0. The van der Waals surface area contributed by atoms with Gasteiger partial charge in [-0.05, 0) is 135 Å². The SMILES string of the molecule is CC/C=C\C/C=C\C/C=C\C/C=C\C/C=C\C/C=C\CCC(=O)OC[C@H](COP(=O)(O)OC[C@@H](O)COP(=O)(O)OC[C@@H](COC(=O)CCCCCCCCCCCCCCC)OC(=O)CCCCCCC/C=C\C/C=C\CCCCC)OC(=O)CC/C=C\C/C=C\C/C=C\C/C=C\C/C=C\C/C=C\CC. The minimum Gasteiger partial charge on any atom is -0.462 e. The van der Waals surface area contributed by atoms with Crippen molar-refractivity contribution < 1.29 is 80.2 Å². The van der Waals surface area contributed by atoms with Crippen LogP contribution >= 0.6 is 15.6 Å². The summed E-state index contributed by atoms with van der Waals surface area (Å²) in [5, 5.41) is 10.6. The maximum atomic E-state index is 13.1. The van der Waals surface area contributed by atoms with Gasteiger partial charge in [0.15, 0.2) is 12.2 Å². The topological polar surface area (TPSA) is 237 Å². The average Bonchev–Trinajstić information content (AvgIpc) is 0.903. The van der Waals surface area contributed by atoms with Gasteiger partial charge in [0.05, 0.1) is 26.4 Å². The first-order valence-corrected chi connectivity index (χ1v) is 43.4. The molecular weight excluding hydrogens is 1380 g/mol. The van der Waals surface area contributed by atoms with Crippen molar-refractivity contribution >= 4 is 39.5 Å². The van der Waals surface area contributed by atoms with Crippen LogP contribution in [0.25, 0.3) is 0 Å². The summed E-state index contributed by atoms with van der Waals surface area (Å²) in [5.74, 6) is -2.39. The molecule has 3 N–H and O–H groups in total. The quantitative estimate of drug-likeness (QED) is 0.0169. The third-order valence-corrected chi connectivity index (χ3v) is 18.1. The lowest BCUT2D eigenvalue weighted by Gasteiger charge is -2.21. The zero-order chi connectivity index (χ0) is 77.4. The van der Waals surface area contributed by atoms with Crippen molar-refractivity contribution in [1.82, 2.24) is 0 Å². The number of esters is 4. The third kappa shape index (κ3) is 76.6. The first kappa shape index (κ1) is 100. The van der Waals surface area contributed by atoms with Gasteiger partial charge in [-0.25, -0.2) is 9.13 Å². The Labute approximate surface area is 642 Å². The normalized spacial score (nSPS) is 14.7. The molecule has 106 heavy (non-hydrogen) atoms. The summed E-state index contributed by atoms with van der Waals surface area (Å²) in [5.41, 5.74) is 0. The lowest BCUT2D eigenvalue weighted by Crippen LogP contribution is -2.30. The van der Waals surface area contributed by atoms with Crippen LogP contribution in [0.2, 0.25) is 0 Å². The van der Waals surface area contributed by atoms with Crippen LogP contribution in [0.5, 0.6) is 0 Å². The molecule has 0 radical (unpaired) electrons. The fourth-order valence-corrected chi connectivity index (χ4v) is 11.7. The third-order valence-electron chi connectivity index (χ3n) is 16.2. The Morgan fingerprint density at radius 3 is 0.849 bits per heavy atom. The number of carbonyl (C=O) groups is 4. The predicted molar refractivity (Wildman–Crippen MR) is 436 cm³/mol. The summed E-state index contributed by atoms with van der Waals surface area (Å²) in [6.07, 6.45) is 92.2. The number of ether oxygens (including phenoxy) is 4. The number of rotatable bonds is 74. The Hall–Kier alpha value is -5.58. The van der Waals surface area contributed by atoms with Crippen molar-refractivity contribution in [3.05, 3.63) is 170 Å². The van der Waals surface area contributed by atoms with Crippen LogP contribution in [-0.4, -0.2) is 96.7 Å². The molecule has 0 bridgehead atoms. The maximum absolute atomic E-state index is 13.1. The highest BCUT2D eigenvalue weighted by Gasteiger charge is 2.30. The van der Waals surface area contributed by atoms with Gasteiger partial charge in [0.1, 0.15) is 19.3 Å². The molecule has 0 aromatic rings. The number of hydrogen-bond acceptors (Lipinski definition) is 15. The standard InChI is InChI=1S/C87H142O17P2/c1-5-9-13-17-21-25-29-33-36-38-40-42-45-48-52-56-60-64-68-72-85(90)98-78-83(104-87(92)74-70-66-62-58-54-50-46-43-41-39-37-34-30-26-22-18-14-10-6-2)80-102-106(95,96)100-76-81(88)75-99-105(93,94)101-79-82(77-97-84(89)71-67-63-59-55-51-47-32-28-24-20-16-12-8-4)103-86(91)73-69-65-61-57-53-49-44-35-31-27-23-19-15-11-7-3/h9-10,13-14,21-23,25-27,33-37,40-44,48,50,52,54,60,62,64,66,81-83,88H,5-8,11-12,15-20,24,28-32,38-39,45-47,49,51,53,55-59,61,63,65,67-80H2,1-4H3,(H,93,94)(H,95,96)/b13-9-,14-10-,25-21-,26-22-,27-23-,36-33-,37-34-,42-40-,43-41-,44-35-,52-48-,54-50-,64-60-,66-62-/t81-,82+,83+/m0/s1. The molecular formula is C87H142O17P2. The highest BCUT2D eigenvalue weighted by Crippen LogP contribution is 2.45. The van der Waals surface area contributed by atoms with Gasteiger partial charge in [0.25, 0.3) is 0 Å². The first-order valence-electron chi connectivity index (χ1n) is 40.4. The zero-order valence-electron chi connectivity index (χ0n) is 65.8. The fourth-order valence-electron chi connectivity index (χ4n) is 10.1. The van der Waals surface area contributed by atoms with Crippen molar-refractivity contribution in [1.29, 1.82) is 0 Å². The number of phosphoric acid groups is 2. The first-order chi connectivity index (χ1) is 51.7. The van der Waals surface area contributed by atoms with Crippen molar-refractivity contribution in [2.75, 3.05) is 39.6 Å². The average molecular weight is 1520 g/mol. The highest BCUT2D eigenvalue weighted by molar-refractivity contribution is 7.47. The second-order valence-corrected chi connectivity index (χ2v) is 29.2. The van der Waals surface area contributed by atoms with Gasteiger partial charge in [-0.3, -0.25) is 37.3 Å². The lowest BCUT2D eigenvalue weighted by atomic mass is 10.0. The molecule has 0 aromatic heterocycles. The van der Waals surface area contributed by atoms with E-state index in [1.54, 1.807) is 0 Å². The van der Waals surface area contributed by atoms with Gasteiger partial charge >= 0.3 is 39.5 Å². The van der Waals surface area contributed by atoms with Crippen molar-refractivity contribution in [2.45, 2.75) is 316 Å². The Kier molecular flexibility index (Phi) is 73.5. The van der Waals surface area contributed by atoms with Crippen LogP contribution in [0.3, 0.4) is 0 Å². The van der Waals surface area contributed by atoms with Gasteiger partial charge in [0.2, 0.25) is 0 Å². The molecule has 0 aliphatic rings. The van der Waals surface area contributed by atoms with Gasteiger partial charge in [-0.2, -0.15) is 0 Å². The summed E-state index contributed by atoms with van der Waals surface area (Å²) >= 11 is 0. The Balaban J connectivity index is 5.53. The van der Waals surface area contributed by atoms with E-state index in [9.17, 15) is 43.2 Å². The molecule has 0 saturated heterocycles. The molecule has 0 saturated carbocycles. The van der Waals surface area contributed by atoms with E-state index in [0.29, 0.717) is 38.5 Å². The van der Waals surface area contributed by atoms with E-state index in [2.05, 4.69) is 161 Å². The number of carbonyl (C=O) groups excluding carboxylic acids is 4. The van der Waals surface area contributed by atoms with Crippen molar-refractivity contribution in [2.24, 2.45) is 0 Å². The Bertz CT molecular complexity index is 2680. The van der Waals surface area contributed by atoms with Crippen LogP contribution in [0.15, 0.2) is 170 Å². The Morgan fingerprint density at radius 2 is 0.509 bits per heavy atom. The molecule has 0 aliphatic heterocycles. The molecule has 19 heteroatoms. The fraction of sp³-hybridized carbons (Fsp3) is 0.632. The molecule has 17 nitrogen and oxygen atoms in total. The van der Waals surface area contributed by atoms with E-state index in [-0.39, 0.29) is 25.7 Å². The summed E-state index contributed by atoms with van der Waals surface area (Å²) in [7, 11) is -10.0. The lowest BCUT2D eigenvalue weighted by molar-refractivity contribution is -0.161. The van der Waals surface area contributed by atoms with Crippen LogP contribution < -0.4 is 0 Å². The van der Waals surface area contributed by atoms with E-state index in [4.69, 9.17) is 37.0 Å². The van der Waals surface area contributed by atoms with E-state index in [1.807, 2.05) is 36.5 Å². The summed E-state index contributed by atoms with van der Waals surface area (Å²) in [6, 6.07) is 0. The predicted octanol–water partition coefficient (Wildman–Crippen LogP) is 23.8. The minimum absolute atomic E-state index is 0.0139. The molecule has 0 spiro atoms. The van der Waals surface area contributed by atoms with Crippen LogP contribution in [0.1, 0.15) is 297 Å². The van der Waals surface area contributed by atoms with E-state index in [1.165, 1.54) is 77.0 Å². The monoisotopic (exact) mass is 1520 g/mol. The molecule has 0 aliphatic carbocycles. The smallest absolute Gasteiger partial charge is 0.462 e. The highest BCUT2D eigenvalue weighted by atomic mass is 31.2. The molecule has 2 unspecified atom stereocenters. The second-order valence-electron chi connectivity index (χ2n) is 26.2. The largest absolute Gasteiger partial charge is 0.472 e. The van der Waals surface area contributed by atoms with E-state index < -0.39 is 97.5 Å². The summed E-state index contributed by atoms with van der Waals surface area (Å²) in [6.45, 7) is 4.43. The number of aliphatic hydroxyl groups excluding tert-OH is 1. The van der Waals surface area contributed by atoms with E-state index >= 15 is 0 Å². The minimum atomic E-state index is -5.02. The van der Waals surface area contributed by atoms with Crippen molar-refractivity contribution in [3.63, 3.8) is 0 Å². The molecule has 602 valence electrons. The second kappa shape index (κ2) is 77.6. The molecule has 0 heterocycles. The number of phosphoric ester groups is 2. The van der Waals surface area contributed by atoms with Crippen LogP contribution in [0, 0.1) is 0 Å². The number of aliphatic hydroxyl groups is 1. The molecule has 0 aromatic carbocycles. The number of unbranched alkanes of at least 4 members (excludes halogenated alkanes) is 20. The molecule has 0 fully saturated rings. The van der Waals surface area contributed by atoms with Crippen LogP contribution in [-0.2, 0) is 65.4 Å². The summed E-state index contributed by atoms with van der Waals surface area (Å²) < 4.78 is 68.4. The van der Waals surface area contributed by atoms with E-state index in [0.717, 1.165) is 128 Å². The van der Waals surface area contributed by atoms with Gasteiger partial charge in [-0.15, -0.1) is 0 Å². The van der Waals surface area contributed by atoms with Gasteiger partial charge in [-0.1, -0.05) is 307 Å². The molecule has 5 atom stereocenters. The molecule has 0 amide bonds. The number of hydrogen-bond donors (Lipinski definition) is 3. The zero-order valence-corrected chi connectivity index (χ0v) is 67.6. The number of allylic oxidation sites excluding steroid dienone is 28.